The standard InChI is InChI=1S/C16H19BrN2.C4H4O4/c1-19(2)12-10-15(16-5-3-4-11-18-16)13-6-8-14(17)9-7-13;5-3(6)1-2-4(7)8/h3-9,11,15H,10,12H2,1-2H3;1-2H,(H,5,6)(H,7,8)/b;2-1+/i1D3,2D3;. The van der Waals surface area contributed by atoms with Crippen molar-refractivity contribution in [3.8, 4) is 0 Å². The Morgan fingerprint density at radius 3 is 2.26 bits per heavy atom. The van der Waals surface area contributed by atoms with Gasteiger partial charge in [-0.25, -0.2) is 9.59 Å². The van der Waals surface area contributed by atoms with Crippen LogP contribution in [0.25, 0.3) is 0 Å². The molecule has 1 aromatic heterocycles. The van der Waals surface area contributed by atoms with Gasteiger partial charge < -0.3 is 15.1 Å². The van der Waals surface area contributed by atoms with Crippen molar-refractivity contribution < 1.29 is 28.0 Å². The number of rotatable bonds is 7. The molecule has 1 atom stereocenters. The molecule has 0 fully saturated rings. The zero-order chi connectivity index (χ0) is 25.2. The third-order valence-corrected chi connectivity index (χ3v) is 3.86. The molecule has 144 valence electrons. The van der Waals surface area contributed by atoms with Crippen molar-refractivity contribution in [3.63, 3.8) is 0 Å². The third kappa shape index (κ3) is 9.67. The lowest BCUT2D eigenvalue weighted by Crippen LogP contribution is -2.17. The summed E-state index contributed by atoms with van der Waals surface area (Å²) in [6, 6.07) is 13.2. The maximum Gasteiger partial charge on any atom is 0.328 e. The molecule has 27 heavy (non-hydrogen) atoms. The molecule has 6 nitrogen and oxygen atoms in total. The van der Waals surface area contributed by atoms with Crippen molar-refractivity contribution in [1.29, 1.82) is 0 Å². The second kappa shape index (κ2) is 12.0. The van der Waals surface area contributed by atoms with Crippen molar-refractivity contribution in [2.75, 3.05) is 20.5 Å². The summed E-state index contributed by atoms with van der Waals surface area (Å²) in [4.78, 5) is 24.1. The number of carbonyl (C=O) groups is 2. The Bertz CT molecular complexity index is 904. The molecular weight excluding hydrogens is 412 g/mol. The highest BCUT2D eigenvalue weighted by Gasteiger charge is 2.15. The minimum absolute atomic E-state index is 0.0930. The molecule has 0 saturated carbocycles. The first kappa shape index (κ1) is 14.5. The number of halogens is 1. The number of carboxylic acids is 2. The Labute approximate surface area is 175 Å². The summed E-state index contributed by atoms with van der Waals surface area (Å²) in [5.74, 6) is -2.71. The predicted molar refractivity (Wildman–Crippen MR) is 108 cm³/mol. The Morgan fingerprint density at radius 2 is 1.78 bits per heavy atom. The zero-order valence-corrected chi connectivity index (χ0v) is 15.8. The lowest BCUT2D eigenvalue weighted by Gasteiger charge is -2.19. The first-order valence-electron chi connectivity index (χ1n) is 10.8. The van der Waals surface area contributed by atoms with Gasteiger partial charge in [0.25, 0.3) is 0 Å². The summed E-state index contributed by atoms with van der Waals surface area (Å²) in [5, 5.41) is 15.6. The molecular formula is C20H23BrN2O4. The average molecular weight is 441 g/mol. The largest absolute Gasteiger partial charge is 0.478 e. The monoisotopic (exact) mass is 440 g/mol. The fraction of sp³-hybridized carbons (Fsp3) is 0.250. The van der Waals surface area contributed by atoms with E-state index in [0.29, 0.717) is 23.5 Å². The first-order chi connectivity index (χ1) is 15.2. The highest BCUT2D eigenvalue weighted by atomic mass is 79.9. The van der Waals surface area contributed by atoms with E-state index >= 15 is 0 Å². The van der Waals surface area contributed by atoms with E-state index in [4.69, 9.17) is 18.4 Å². The van der Waals surface area contributed by atoms with Crippen molar-refractivity contribution in [2.24, 2.45) is 0 Å². The molecule has 2 rings (SSSR count). The fourth-order valence-electron chi connectivity index (χ4n) is 2.16. The van der Waals surface area contributed by atoms with Gasteiger partial charge in [-0.3, -0.25) is 4.98 Å². The first-order valence-corrected chi connectivity index (χ1v) is 8.59. The van der Waals surface area contributed by atoms with Crippen molar-refractivity contribution in [3.05, 3.63) is 76.5 Å². The molecule has 1 unspecified atom stereocenters. The Kier molecular flexibility index (Phi) is 6.45. The number of pyridine rings is 1. The molecule has 0 aliphatic rings. The van der Waals surface area contributed by atoms with Gasteiger partial charge in [0.15, 0.2) is 0 Å². The lowest BCUT2D eigenvalue weighted by atomic mass is 9.92. The molecule has 0 amide bonds. The average Bonchev–Trinajstić information content (AvgIpc) is 2.70. The van der Waals surface area contributed by atoms with Crippen LogP contribution in [0.5, 0.6) is 0 Å². The summed E-state index contributed by atoms with van der Waals surface area (Å²) < 4.78 is 46.0. The Hall–Kier alpha value is -2.51. The smallest absolute Gasteiger partial charge is 0.328 e. The van der Waals surface area contributed by atoms with Crippen molar-refractivity contribution in [2.45, 2.75) is 12.3 Å². The Balaban J connectivity index is 0.000000582. The summed E-state index contributed by atoms with van der Waals surface area (Å²) in [7, 11) is 0. The highest BCUT2D eigenvalue weighted by Crippen LogP contribution is 2.27. The second-order valence-electron chi connectivity index (χ2n) is 5.31. The fourth-order valence-corrected chi connectivity index (χ4v) is 2.43. The molecule has 0 aliphatic heterocycles. The van der Waals surface area contributed by atoms with Crippen LogP contribution in [0.1, 0.15) is 31.8 Å². The van der Waals surface area contributed by atoms with Gasteiger partial charge in [0, 0.05) is 42.7 Å². The van der Waals surface area contributed by atoms with Gasteiger partial charge in [-0.05, 0) is 56.7 Å². The molecule has 0 bridgehead atoms. The number of carboxylic acid groups (broad SMARTS) is 2. The van der Waals surface area contributed by atoms with Gasteiger partial charge in [-0.15, -0.1) is 0 Å². The molecule has 1 aromatic carbocycles. The van der Waals surface area contributed by atoms with E-state index in [9.17, 15) is 9.59 Å². The molecule has 1 heterocycles. The number of aliphatic carboxylic acids is 2. The van der Waals surface area contributed by atoms with Gasteiger partial charge in [0.1, 0.15) is 0 Å². The van der Waals surface area contributed by atoms with Crippen molar-refractivity contribution in [1.82, 2.24) is 9.88 Å². The summed E-state index contributed by atoms with van der Waals surface area (Å²) >= 11 is 3.39. The van der Waals surface area contributed by atoms with Gasteiger partial charge in [-0.1, -0.05) is 34.1 Å². The van der Waals surface area contributed by atoms with E-state index < -0.39 is 25.9 Å². The lowest BCUT2D eigenvalue weighted by molar-refractivity contribution is -0.134. The van der Waals surface area contributed by atoms with Gasteiger partial charge in [-0.2, -0.15) is 0 Å². The maximum absolute atomic E-state index is 9.55. The number of hydrogen-bond acceptors (Lipinski definition) is 4. The molecule has 7 heteroatoms. The minimum Gasteiger partial charge on any atom is -0.478 e. The summed E-state index contributed by atoms with van der Waals surface area (Å²) in [6.07, 6.45) is 3.12. The van der Waals surface area contributed by atoms with E-state index in [0.717, 1.165) is 15.7 Å². The Morgan fingerprint density at radius 1 is 1.15 bits per heavy atom. The minimum atomic E-state index is -2.68. The van der Waals surface area contributed by atoms with Crippen LogP contribution in [-0.4, -0.2) is 52.5 Å². The summed E-state index contributed by atoms with van der Waals surface area (Å²) in [6.45, 7) is -5.45. The SMILES string of the molecule is O=C(O)/C=C/C(=O)O.[2H]C([2H])([2H])N(CCC(c1ccc(Br)cc1)c1ccccn1)C([2H])([2H])[2H]. The van der Waals surface area contributed by atoms with Crippen LogP contribution in [0.3, 0.4) is 0 Å². The van der Waals surface area contributed by atoms with E-state index in [1.807, 2.05) is 36.4 Å². The topological polar surface area (TPSA) is 90.7 Å². The quantitative estimate of drug-likeness (QED) is 0.638. The number of aromatic nitrogens is 1. The van der Waals surface area contributed by atoms with Crippen LogP contribution in [0.2, 0.25) is 0 Å². The van der Waals surface area contributed by atoms with Gasteiger partial charge in [0.2, 0.25) is 0 Å². The van der Waals surface area contributed by atoms with Gasteiger partial charge >= 0.3 is 11.9 Å². The van der Waals surface area contributed by atoms with Crippen LogP contribution in [0, 0.1) is 0 Å². The van der Waals surface area contributed by atoms with Crippen LogP contribution >= 0.6 is 15.9 Å². The van der Waals surface area contributed by atoms with Crippen LogP contribution in [0.15, 0.2) is 65.3 Å². The van der Waals surface area contributed by atoms with E-state index in [2.05, 4.69) is 20.9 Å². The van der Waals surface area contributed by atoms with Crippen molar-refractivity contribution >= 4 is 27.9 Å². The second-order valence-corrected chi connectivity index (χ2v) is 6.22. The molecule has 2 N–H and O–H groups in total. The molecule has 2 aromatic rings. The predicted octanol–water partition coefficient (Wildman–Crippen LogP) is 3.64. The van der Waals surface area contributed by atoms with Crippen LogP contribution in [0.4, 0.5) is 0 Å². The normalized spacial score (nSPS) is 15.9. The van der Waals surface area contributed by atoms with E-state index in [-0.39, 0.29) is 12.5 Å². The number of hydrogen-bond donors (Lipinski definition) is 2. The number of benzene rings is 1. The van der Waals surface area contributed by atoms with Crippen LogP contribution < -0.4 is 0 Å². The van der Waals surface area contributed by atoms with E-state index in [1.165, 1.54) is 0 Å². The van der Waals surface area contributed by atoms with Gasteiger partial charge in [0.05, 0.1) is 0 Å². The van der Waals surface area contributed by atoms with E-state index in [1.54, 1.807) is 12.3 Å². The maximum atomic E-state index is 9.55. The molecule has 0 aliphatic carbocycles. The molecule has 0 radical (unpaired) electrons. The van der Waals surface area contributed by atoms with Crippen LogP contribution in [-0.2, 0) is 9.59 Å². The summed E-state index contributed by atoms with van der Waals surface area (Å²) in [5.41, 5.74) is 1.73. The third-order valence-electron chi connectivity index (χ3n) is 3.33. The molecule has 0 spiro atoms. The molecule has 0 saturated heterocycles. The number of nitrogens with zero attached hydrogens (tertiary/aromatic N) is 2. The zero-order valence-electron chi connectivity index (χ0n) is 20.2. The highest BCUT2D eigenvalue weighted by molar-refractivity contribution is 9.10.